The van der Waals surface area contributed by atoms with Gasteiger partial charge in [-0.25, -0.2) is 9.97 Å². The third-order valence-corrected chi connectivity index (χ3v) is 2.78. The molecule has 0 unspecified atom stereocenters. The Balaban J connectivity index is 2.35. The third kappa shape index (κ3) is 2.83. The van der Waals surface area contributed by atoms with Gasteiger partial charge in [-0.2, -0.15) is 13.2 Å². The van der Waals surface area contributed by atoms with Crippen LogP contribution in [-0.4, -0.2) is 29.6 Å². The SMILES string of the molecule is CCNc1cc(N(C)C2CC2)nc(C(F)(F)F)n1. The van der Waals surface area contributed by atoms with Crippen molar-refractivity contribution < 1.29 is 13.2 Å². The molecule has 0 saturated heterocycles. The van der Waals surface area contributed by atoms with Gasteiger partial charge in [0.25, 0.3) is 0 Å². The van der Waals surface area contributed by atoms with Crippen molar-refractivity contribution in [3.8, 4) is 0 Å². The molecule has 1 aliphatic rings. The van der Waals surface area contributed by atoms with E-state index in [1.54, 1.807) is 24.9 Å². The first kappa shape index (κ1) is 12.9. The van der Waals surface area contributed by atoms with Crippen molar-refractivity contribution in [3.63, 3.8) is 0 Å². The standard InChI is InChI=1S/C11H15F3N4/c1-3-15-8-6-9(18(2)7-4-5-7)17-10(16-8)11(12,13)14/h6-7H,3-5H2,1-2H3,(H,15,16,17). The highest BCUT2D eigenvalue weighted by Gasteiger charge is 2.36. The average Bonchev–Trinajstić information content (AvgIpc) is 3.11. The summed E-state index contributed by atoms with van der Waals surface area (Å²) in [5.41, 5.74) is 0. The van der Waals surface area contributed by atoms with Crippen molar-refractivity contribution in [1.82, 2.24) is 9.97 Å². The molecule has 7 heteroatoms. The van der Waals surface area contributed by atoms with E-state index in [4.69, 9.17) is 0 Å². The maximum absolute atomic E-state index is 12.7. The Hall–Kier alpha value is -1.53. The summed E-state index contributed by atoms with van der Waals surface area (Å²) in [6.07, 6.45) is -2.53. The molecule has 1 fully saturated rings. The van der Waals surface area contributed by atoms with Crippen molar-refractivity contribution in [3.05, 3.63) is 11.9 Å². The van der Waals surface area contributed by atoms with Crippen LogP contribution >= 0.6 is 0 Å². The number of hydrogen-bond acceptors (Lipinski definition) is 4. The first-order chi connectivity index (χ1) is 8.41. The smallest absolute Gasteiger partial charge is 0.370 e. The van der Waals surface area contributed by atoms with Crippen molar-refractivity contribution >= 4 is 11.6 Å². The van der Waals surface area contributed by atoms with E-state index in [0.717, 1.165) is 12.8 Å². The molecule has 0 atom stereocenters. The minimum atomic E-state index is -4.52. The van der Waals surface area contributed by atoms with Crippen LogP contribution in [0.4, 0.5) is 24.8 Å². The molecule has 1 aromatic rings. The quantitative estimate of drug-likeness (QED) is 0.903. The van der Waals surface area contributed by atoms with E-state index in [0.29, 0.717) is 18.4 Å². The summed E-state index contributed by atoms with van der Waals surface area (Å²) >= 11 is 0. The van der Waals surface area contributed by atoms with Crippen LogP contribution in [0.25, 0.3) is 0 Å². The largest absolute Gasteiger partial charge is 0.451 e. The summed E-state index contributed by atoms with van der Waals surface area (Å²) in [7, 11) is 1.76. The fourth-order valence-electron chi connectivity index (χ4n) is 1.66. The molecule has 1 aromatic heterocycles. The highest BCUT2D eigenvalue weighted by atomic mass is 19.4. The fraction of sp³-hybridized carbons (Fsp3) is 0.636. The number of hydrogen-bond donors (Lipinski definition) is 1. The molecular formula is C11H15F3N4. The fourth-order valence-corrected chi connectivity index (χ4v) is 1.66. The Labute approximate surface area is 103 Å². The summed E-state index contributed by atoms with van der Waals surface area (Å²) in [5, 5.41) is 2.80. The van der Waals surface area contributed by atoms with Gasteiger partial charge in [0.15, 0.2) is 0 Å². The van der Waals surface area contributed by atoms with Gasteiger partial charge in [-0.3, -0.25) is 0 Å². The van der Waals surface area contributed by atoms with Crippen molar-refractivity contribution in [2.45, 2.75) is 32.0 Å². The Bertz CT molecular complexity index is 429. The highest BCUT2D eigenvalue weighted by molar-refractivity contribution is 5.50. The van der Waals surface area contributed by atoms with Gasteiger partial charge in [0.05, 0.1) is 0 Å². The molecule has 100 valence electrons. The van der Waals surface area contributed by atoms with Crippen LogP contribution < -0.4 is 10.2 Å². The van der Waals surface area contributed by atoms with Crippen molar-refractivity contribution in [1.29, 1.82) is 0 Å². The van der Waals surface area contributed by atoms with Crippen LogP contribution in [0.15, 0.2) is 6.07 Å². The summed E-state index contributed by atoms with van der Waals surface area (Å²) in [6.45, 7) is 2.32. The zero-order valence-corrected chi connectivity index (χ0v) is 10.3. The van der Waals surface area contributed by atoms with Crippen molar-refractivity contribution in [2.24, 2.45) is 0 Å². The zero-order chi connectivity index (χ0) is 13.3. The van der Waals surface area contributed by atoms with E-state index in [1.165, 1.54) is 0 Å². The second-order valence-electron chi connectivity index (χ2n) is 4.31. The molecular weight excluding hydrogens is 245 g/mol. The van der Waals surface area contributed by atoms with Crippen LogP contribution in [-0.2, 0) is 6.18 Å². The molecule has 1 saturated carbocycles. The first-order valence-corrected chi connectivity index (χ1v) is 5.84. The predicted molar refractivity (Wildman–Crippen MR) is 62.6 cm³/mol. The molecule has 1 N–H and O–H groups in total. The Morgan fingerprint density at radius 2 is 2.06 bits per heavy atom. The molecule has 0 aromatic carbocycles. The van der Waals surface area contributed by atoms with Gasteiger partial charge in [-0.1, -0.05) is 0 Å². The summed E-state index contributed by atoms with van der Waals surface area (Å²) in [5.74, 6) is -0.568. The average molecular weight is 260 g/mol. The Morgan fingerprint density at radius 3 is 2.56 bits per heavy atom. The third-order valence-electron chi connectivity index (χ3n) is 2.78. The maximum Gasteiger partial charge on any atom is 0.451 e. The topological polar surface area (TPSA) is 41.0 Å². The minimum absolute atomic E-state index is 0.210. The molecule has 0 radical (unpaired) electrons. The molecule has 0 bridgehead atoms. The molecule has 4 nitrogen and oxygen atoms in total. The van der Waals surface area contributed by atoms with Gasteiger partial charge >= 0.3 is 6.18 Å². The first-order valence-electron chi connectivity index (χ1n) is 5.84. The van der Waals surface area contributed by atoms with E-state index < -0.39 is 12.0 Å². The Kier molecular flexibility index (Phi) is 3.32. The zero-order valence-electron chi connectivity index (χ0n) is 10.3. The number of rotatable bonds is 4. The minimum Gasteiger partial charge on any atom is -0.370 e. The molecule has 2 rings (SSSR count). The lowest BCUT2D eigenvalue weighted by Gasteiger charge is -2.19. The summed E-state index contributed by atoms with van der Waals surface area (Å²) in [4.78, 5) is 8.86. The van der Waals surface area contributed by atoms with Gasteiger partial charge in [0, 0.05) is 25.7 Å². The molecule has 0 amide bonds. The molecule has 18 heavy (non-hydrogen) atoms. The number of aromatic nitrogens is 2. The molecule has 1 aliphatic carbocycles. The van der Waals surface area contributed by atoms with Gasteiger partial charge in [0.2, 0.25) is 5.82 Å². The summed E-state index contributed by atoms with van der Waals surface area (Å²) < 4.78 is 38.1. The van der Waals surface area contributed by atoms with Crippen LogP contribution in [0.3, 0.4) is 0 Å². The number of halogens is 3. The Morgan fingerprint density at radius 1 is 1.39 bits per heavy atom. The molecule has 0 aliphatic heterocycles. The van der Waals surface area contributed by atoms with Gasteiger partial charge in [0.1, 0.15) is 11.6 Å². The van der Waals surface area contributed by atoms with Crippen LogP contribution in [0.1, 0.15) is 25.6 Å². The maximum atomic E-state index is 12.7. The second kappa shape index (κ2) is 4.62. The van der Waals surface area contributed by atoms with E-state index >= 15 is 0 Å². The highest BCUT2D eigenvalue weighted by Crippen LogP contribution is 2.33. The molecule has 1 heterocycles. The molecule has 0 spiro atoms. The van der Waals surface area contributed by atoms with Gasteiger partial charge in [-0.15, -0.1) is 0 Å². The lowest BCUT2D eigenvalue weighted by molar-refractivity contribution is -0.144. The monoisotopic (exact) mass is 260 g/mol. The number of alkyl halides is 3. The van der Waals surface area contributed by atoms with Gasteiger partial charge in [-0.05, 0) is 19.8 Å². The summed E-state index contributed by atoms with van der Waals surface area (Å²) in [6, 6.07) is 1.85. The van der Waals surface area contributed by atoms with E-state index in [-0.39, 0.29) is 5.82 Å². The van der Waals surface area contributed by atoms with Crippen LogP contribution in [0, 0.1) is 0 Å². The second-order valence-corrected chi connectivity index (χ2v) is 4.31. The van der Waals surface area contributed by atoms with Gasteiger partial charge < -0.3 is 10.2 Å². The van der Waals surface area contributed by atoms with Crippen LogP contribution in [0.2, 0.25) is 0 Å². The number of nitrogens with one attached hydrogen (secondary N) is 1. The van der Waals surface area contributed by atoms with E-state index in [2.05, 4.69) is 15.3 Å². The number of anilines is 2. The van der Waals surface area contributed by atoms with E-state index in [9.17, 15) is 13.2 Å². The lowest BCUT2D eigenvalue weighted by Crippen LogP contribution is -2.23. The van der Waals surface area contributed by atoms with Crippen LogP contribution in [0.5, 0.6) is 0 Å². The predicted octanol–water partition coefficient (Wildman–Crippen LogP) is 2.53. The van der Waals surface area contributed by atoms with Crippen molar-refractivity contribution in [2.75, 3.05) is 23.8 Å². The normalized spacial score (nSPS) is 15.6. The number of nitrogens with zero attached hydrogens (tertiary/aromatic N) is 3. The lowest BCUT2D eigenvalue weighted by atomic mass is 10.4. The van der Waals surface area contributed by atoms with E-state index in [1.807, 2.05) is 0 Å².